The maximum atomic E-state index is 2.59. The molecule has 0 saturated carbocycles. The highest BCUT2D eigenvalue weighted by molar-refractivity contribution is 4.60. The molecule has 1 nitrogen and oxygen atoms in total. The Hall–Kier alpha value is -0.0400. The van der Waals surface area contributed by atoms with Crippen molar-refractivity contribution >= 4 is 0 Å². The maximum Gasteiger partial charge on any atom is 0.00384 e. The average molecular weight is 368 g/mol. The molecule has 0 aliphatic rings. The Morgan fingerprint density at radius 3 is 1.04 bits per heavy atom. The molecule has 0 fully saturated rings. The number of rotatable bonds is 21. The van der Waals surface area contributed by atoms with Gasteiger partial charge >= 0.3 is 0 Å². The quantitative estimate of drug-likeness (QED) is 0.183. The minimum absolute atomic E-state index is 0.714. The number of unbranched alkanes of at least 4 members (excludes halogenated alkanes) is 17. The lowest BCUT2D eigenvalue weighted by Crippen LogP contribution is -2.31. The van der Waals surface area contributed by atoms with Crippen molar-refractivity contribution in [3.8, 4) is 0 Å². The topological polar surface area (TPSA) is 3.24 Å². The lowest BCUT2D eigenvalue weighted by Gasteiger charge is -2.24. The smallest absolute Gasteiger partial charge is 0.00384 e. The zero-order valence-electron chi connectivity index (χ0n) is 19.2. The Bertz CT molecular complexity index is 249. The number of nitrogens with zero attached hydrogens (tertiary/aromatic N) is 1. The minimum atomic E-state index is 0.714. The Morgan fingerprint density at radius 2 is 0.769 bits per heavy atom. The largest absolute Gasteiger partial charge is 0.301 e. The monoisotopic (exact) mass is 367 g/mol. The second-order valence-corrected chi connectivity index (χ2v) is 8.73. The van der Waals surface area contributed by atoms with E-state index >= 15 is 0 Å². The summed E-state index contributed by atoms with van der Waals surface area (Å²) in [6.07, 6.45) is 26.3. The molecule has 0 unspecified atom stereocenters. The fourth-order valence-corrected chi connectivity index (χ4v) is 4.00. The normalized spacial score (nSPS) is 11.8. The van der Waals surface area contributed by atoms with Crippen molar-refractivity contribution in [2.75, 3.05) is 13.1 Å². The first kappa shape index (κ1) is 26.0. The molecule has 0 rings (SSSR count). The van der Waals surface area contributed by atoms with Crippen molar-refractivity contribution in [3.05, 3.63) is 0 Å². The summed E-state index contributed by atoms with van der Waals surface area (Å²) in [6.45, 7) is 11.7. The zero-order chi connectivity index (χ0) is 19.3. The standard InChI is InChI=1S/C25H53N/c1-5-7-8-9-10-11-12-13-14-15-16-17-18-19-20-21-22-23-24-26(6-2)25(3)4/h25H,5-24H2,1-4H3. The van der Waals surface area contributed by atoms with Crippen molar-refractivity contribution in [3.63, 3.8) is 0 Å². The van der Waals surface area contributed by atoms with E-state index < -0.39 is 0 Å². The van der Waals surface area contributed by atoms with E-state index in [-0.39, 0.29) is 0 Å². The Labute approximate surface area is 167 Å². The van der Waals surface area contributed by atoms with Gasteiger partial charge in [-0.05, 0) is 33.4 Å². The first-order chi connectivity index (χ1) is 12.7. The molecule has 26 heavy (non-hydrogen) atoms. The van der Waals surface area contributed by atoms with Gasteiger partial charge in [0, 0.05) is 6.04 Å². The van der Waals surface area contributed by atoms with E-state index in [0.717, 1.165) is 0 Å². The summed E-state index contributed by atoms with van der Waals surface area (Å²) in [7, 11) is 0. The average Bonchev–Trinajstić information content (AvgIpc) is 2.63. The summed E-state index contributed by atoms with van der Waals surface area (Å²) in [5, 5.41) is 0. The molecule has 0 radical (unpaired) electrons. The number of hydrogen-bond acceptors (Lipinski definition) is 1. The molecular formula is C25H53N. The molecule has 0 aliphatic heterocycles. The number of hydrogen-bond donors (Lipinski definition) is 0. The van der Waals surface area contributed by atoms with Gasteiger partial charge in [-0.2, -0.15) is 0 Å². The lowest BCUT2D eigenvalue weighted by molar-refractivity contribution is 0.228. The molecule has 0 spiro atoms. The molecule has 0 bridgehead atoms. The van der Waals surface area contributed by atoms with Gasteiger partial charge in [-0.25, -0.2) is 0 Å². The lowest BCUT2D eigenvalue weighted by atomic mass is 10.0. The fourth-order valence-electron chi connectivity index (χ4n) is 4.00. The third-order valence-electron chi connectivity index (χ3n) is 5.94. The summed E-state index contributed by atoms with van der Waals surface area (Å²) in [6, 6.07) is 0.714. The fraction of sp³-hybridized carbons (Fsp3) is 1.00. The predicted octanol–water partition coefficient (Wildman–Crippen LogP) is 8.76. The van der Waals surface area contributed by atoms with E-state index in [1.807, 2.05) is 0 Å². The van der Waals surface area contributed by atoms with Crippen LogP contribution < -0.4 is 0 Å². The van der Waals surface area contributed by atoms with Crippen molar-refractivity contribution in [2.24, 2.45) is 0 Å². The third kappa shape index (κ3) is 18.7. The molecule has 1 heteroatoms. The van der Waals surface area contributed by atoms with Crippen LogP contribution in [0, 0.1) is 0 Å². The summed E-state index contributed by atoms with van der Waals surface area (Å²) >= 11 is 0. The molecule has 0 aromatic rings. The van der Waals surface area contributed by atoms with Crippen molar-refractivity contribution in [1.82, 2.24) is 4.90 Å². The van der Waals surface area contributed by atoms with Gasteiger partial charge in [-0.1, -0.05) is 123 Å². The van der Waals surface area contributed by atoms with Crippen LogP contribution in [-0.2, 0) is 0 Å². The van der Waals surface area contributed by atoms with Gasteiger partial charge in [-0.15, -0.1) is 0 Å². The molecule has 0 saturated heterocycles. The highest BCUT2D eigenvalue weighted by Gasteiger charge is 2.05. The van der Waals surface area contributed by atoms with Crippen LogP contribution in [0.3, 0.4) is 0 Å². The van der Waals surface area contributed by atoms with Gasteiger partial charge in [-0.3, -0.25) is 0 Å². The molecule has 158 valence electrons. The van der Waals surface area contributed by atoms with Crippen molar-refractivity contribution in [2.45, 2.75) is 149 Å². The van der Waals surface area contributed by atoms with E-state index in [9.17, 15) is 0 Å². The van der Waals surface area contributed by atoms with Crippen molar-refractivity contribution in [1.29, 1.82) is 0 Å². The molecule has 0 aliphatic carbocycles. The van der Waals surface area contributed by atoms with Gasteiger partial charge in [0.05, 0.1) is 0 Å². The highest BCUT2D eigenvalue weighted by Crippen LogP contribution is 2.14. The Balaban J connectivity index is 3.09. The summed E-state index contributed by atoms with van der Waals surface area (Å²) in [4.78, 5) is 2.59. The molecule has 0 amide bonds. The van der Waals surface area contributed by atoms with Gasteiger partial charge in [0.2, 0.25) is 0 Å². The first-order valence-corrected chi connectivity index (χ1v) is 12.5. The van der Waals surface area contributed by atoms with Crippen LogP contribution in [0.2, 0.25) is 0 Å². The Kier molecular flexibility index (Phi) is 21.2. The summed E-state index contributed by atoms with van der Waals surface area (Å²) < 4.78 is 0. The Morgan fingerprint density at radius 1 is 0.462 bits per heavy atom. The van der Waals surface area contributed by atoms with Crippen LogP contribution in [-0.4, -0.2) is 24.0 Å². The second kappa shape index (κ2) is 21.3. The van der Waals surface area contributed by atoms with E-state index in [0.29, 0.717) is 6.04 Å². The first-order valence-electron chi connectivity index (χ1n) is 12.5. The summed E-state index contributed by atoms with van der Waals surface area (Å²) in [5.74, 6) is 0. The molecule has 0 atom stereocenters. The van der Waals surface area contributed by atoms with Gasteiger partial charge in [0.1, 0.15) is 0 Å². The van der Waals surface area contributed by atoms with E-state index in [1.54, 1.807) is 0 Å². The van der Waals surface area contributed by atoms with Crippen LogP contribution in [0.25, 0.3) is 0 Å². The maximum absolute atomic E-state index is 2.59. The van der Waals surface area contributed by atoms with Crippen LogP contribution in [0.5, 0.6) is 0 Å². The SMILES string of the molecule is CCCCCCCCCCCCCCCCCCCCN(CC)C(C)C. The van der Waals surface area contributed by atoms with E-state index in [2.05, 4.69) is 32.6 Å². The van der Waals surface area contributed by atoms with Crippen LogP contribution >= 0.6 is 0 Å². The molecule has 0 N–H and O–H groups in total. The van der Waals surface area contributed by atoms with Crippen LogP contribution in [0.4, 0.5) is 0 Å². The van der Waals surface area contributed by atoms with Gasteiger partial charge in [0.15, 0.2) is 0 Å². The highest BCUT2D eigenvalue weighted by atomic mass is 15.1. The molecule has 0 aromatic carbocycles. The van der Waals surface area contributed by atoms with Crippen LogP contribution in [0.15, 0.2) is 0 Å². The van der Waals surface area contributed by atoms with Crippen molar-refractivity contribution < 1.29 is 0 Å². The molecule has 0 heterocycles. The minimum Gasteiger partial charge on any atom is -0.301 e. The summed E-state index contributed by atoms with van der Waals surface area (Å²) in [5.41, 5.74) is 0. The van der Waals surface area contributed by atoms with Crippen LogP contribution in [0.1, 0.15) is 143 Å². The third-order valence-corrected chi connectivity index (χ3v) is 5.94. The van der Waals surface area contributed by atoms with E-state index in [1.165, 1.54) is 129 Å². The second-order valence-electron chi connectivity index (χ2n) is 8.73. The zero-order valence-corrected chi connectivity index (χ0v) is 19.2. The van der Waals surface area contributed by atoms with Gasteiger partial charge < -0.3 is 4.90 Å². The van der Waals surface area contributed by atoms with Gasteiger partial charge in [0.25, 0.3) is 0 Å². The predicted molar refractivity (Wildman–Crippen MR) is 121 cm³/mol. The van der Waals surface area contributed by atoms with E-state index in [4.69, 9.17) is 0 Å². The molecular weight excluding hydrogens is 314 g/mol. The molecule has 0 aromatic heterocycles.